The molecule has 0 saturated heterocycles. The molecule has 17 heteroatoms. The van der Waals surface area contributed by atoms with Crippen LogP contribution in [-0.4, -0.2) is 65.9 Å². The van der Waals surface area contributed by atoms with Gasteiger partial charge in [-0.3, -0.25) is 0 Å². The zero-order valence-corrected chi connectivity index (χ0v) is 13.3. The van der Waals surface area contributed by atoms with E-state index in [1.807, 2.05) is 0 Å². The van der Waals surface area contributed by atoms with E-state index in [-0.39, 0.29) is 21.1 Å². The van der Waals surface area contributed by atoms with E-state index >= 15 is 0 Å². The first kappa shape index (κ1) is 19.5. The van der Waals surface area contributed by atoms with Gasteiger partial charge in [0.2, 0.25) is 0 Å². The maximum atomic E-state index is 12.6. The first-order valence-corrected chi connectivity index (χ1v) is 9.55. The quantitative estimate of drug-likeness (QED) is 0.467. The highest BCUT2D eigenvalue weighted by Gasteiger charge is 2.44. The minimum atomic E-state index is -5.85. The Kier molecular flexibility index (Phi) is 5.26. The van der Waals surface area contributed by atoms with E-state index in [1.165, 1.54) is 0 Å². The van der Waals surface area contributed by atoms with Gasteiger partial charge in [-0.15, -0.1) is 0 Å². The molecule has 0 aromatic heterocycles. The summed E-state index contributed by atoms with van der Waals surface area (Å²) in [6.45, 7) is 0. The van der Waals surface area contributed by atoms with Crippen molar-refractivity contribution >= 4 is 41.2 Å². The molecule has 0 aliphatic carbocycles. The van der Waals surface area contributed by atoms with E-state index in [0.717, 1.165) is 0 Å². The van der Waals surface area contributed by atoms with E-state index in [1.54, 1.807) is 0 Å². The van der Waals surface area contributed by atoms with Gasteiger partial charge in [0.25, 0.3) is 0 Å². The monoisotopic (exact) mass is 381 g/mol. The fraction of sp³-hybridized carbons (Fsp3) is 1.00. The predicted molar refractivity (Wildman–Crippen MR) is 61.2 cm³/mol. The van der Waals surface area contributed by atoms with E-state index in [4.69, 9.17) is 0 Å². The second-order valence-corrected chi connectivity index (χ2v) is 10.5. The number of nitrogens with zero attached hydrogens (tertiary/aromatic N) is 3. The standard InChI is InChI=1S/C3H9F2N3O8S4/c1-6(17(4,9)10)19(13,14)8(3)20(15,16)7(2)18(5,11)12/h1-3H3. The number of hydrogen-bond acceptors (Lipinski definition) is 8. The van der Waals surface area contributed by atoms with Crippen molar-refractivity contribution in [3.8, 4) is 0 Å². The molecule has 0 N–H and O–H groups in total. The number of halogens is 2. The van der Waals surface area contributed by atoms with E-state index in [9.17, 15) is 41.4 Å². The van der Waals surface area contributed by atoms with Crippen LogP contribution in [0, 0.1) is 0 Å². The topological polar surface area (TPSA) is 146 Å². The molecule has 0 fully saturated rings. The Morgan fingerprint density at radius 1 is 0.550 bits per heavy atom. The third kappa shape index (κ3) is 3.80. The molecule has 0 saturated carbocycles. The molecule has 0 unspecified atom stereocenters. The molecular formula is C3H9F2N3O8S4. The second kappa shape index (κ2) is 5.39. The van der Waals surface area contributed by atoms with Gasteiger partial charge in [-0.2, -0.15) is 33.7 Å². The Labute approximate surface area is 115 Å². The van der Waals surface area contributed by atoms with Crippen LogP contribution in [0.15, 0.2) is 0 Å². The summed E-state index contributed by atoms with van der Waals surface area (Å²) in [6, 6.07) is 0. The minimum Gasteiger partial charge on any atom is -0.193 e. The van der Waals surface area contributed by atoms with Crippen LogP contribution in [-0.2, 0) is 41.2 Å². The third-order valence-electron chi connectivity index (χ3n) is 1.91. The summed E-state index contributed by atoms with van der Waals surface area (Å²) >= 11 is 0. The van der Waals surface area contributed by atoms with Gasteiger partial charge in [0.05, 0.1) is 0 Å². The molecule has 0 bridgehead atoms. The molecule has 0 atom stereocenters. The molecule has 0 radical (unpaired) electrons. The summed E-state index contributed by atoms with van der Waals surface area (Å²) < 4.78 is 110. The molecule has 0 amide bonds. The predicted octanol–water partition coefficient (Wildman–Crippen LogP) is -2.30. The molecule has 11 nitrogen and oxygen atoms in total. The summed E-state index contributed by atoms with van der Waals surface area (Å²) in [5.41, 5.74) is 0. The van der Waals surface area contributed by atoms with Crippen molar-refractivity contribution in [3.05, 3.63) is 0 Å². The van der Waals surface area contributed by atoms with Crippen molar-refractivity contribution in [1.29, 1.82) is 0 Å². The molecule has 0 spiro atoms. The lowest BCUT2D eigenvalue weighted by Gasteiger charge is -2.23. The van der Waals surface area contributed by atoms with Crippen molar-refractivity contribution < 1.29 is 41.4 Å². The lowest BCUT2D eigenvalue weighted by Crippen LogP contribution is -2.49. The Morgan fingerprint density at radius 3 is 0.900 bits per heavy atom. The van der Waals surface area contributed by atoms with Gasteiger partial charge in [-0.1, -0.05) is 18.9 Å². The van der Waals surface area contributed by atoms with Gasteiger partial charge in [0.15, 0.2) is 0 Å². The first-order valence-electron chi connectivity index (χ1n) is 4.08. The van der Waals surface area contributed by atoms with Gasteiger partial charge in [0.1, 0.15) is 0 Å². The van der Waals surface area contributed by atoms with Crippen LogP contribution in [0.1, 0.15) is 0 Å². The summed E-state index contributed by atoms with van der Waals surface area (Å²) in [6.07, 6.45) is 0. The van der Waals surface area contributed by atoms with Gasteiger partial charge in [-0.25, -0.2) is 0 Å². The number of hydrogen-bond donors (Lipinski definition) is 0. The zero-order valence-electron chi connectivity index (χ0n) is 10.00. The average molecular weight is 381 g/mol. The Balaban J connectivity index is 5.99. The van der Waals surface area contributed by atoms with Crippen molar-refractivity contribution in [3.63, 3.8) is 0 Å². The van der Waals surface area contributed by atoms with Crippen LogP contribution < -0.4 is 0 Å². The smallest absolute Gasteiger partial charge is 0.193 e. The maximum absolute atomic E-state index is 12.6. The minimum absolute atomic E-state index is 0.153. The fourth-order valence-electron chi connectivity index (χ4n) is 0.668. The highest BCUT2D eigenvalue weighted by molar-refractivity contribution is 8.10. The summed E-state index contributed by atoms with van der Waals surface area (Å²) in [7, 11) is -22.2. The fourth-order valence-corrected chi connectivity index (χ4v) is 5.52. The second-order valence-electron chi connectivity index (χ2n) is 3.04. The number of rotatable bonds is 6. The Bertz CT molecular complexity index is 714. The average Bonchev–Trinajstić information content (AvgIpc) is 2.23. The summed E-state index contributed by atoms with van der Waals surface area (Å²) in [5.74, 6) is 0. The molecule has 20 heavy (non-hydrogen) atoms. The van der Waals surface area contributed by atoms with Gasteiger partial charge in [-0.05, 0) is 0 Å². The molecule has 0 heterocycles. The zero-order chi connectivity index (χ0) is 16.7. The van der Waals surface area contributed by atoms with E-state index < -0.39 is 52.4 Å². The van der Waals surface area contributed by atoms with Crippen LogP contribution in [0.5, 0.6) is 0 Å². The van der Waals surface area contributed by atoms with Crippen molar-refractivity contribution in [1.82, 2.24) is 11.1 Å². The third-order valence-corrected chi connectivity index (χ3v) is 9.07. The lowest BCUT2D eigenvalue weighted by atomic mass is 11.6. The van der Waals surface area contributed by atoms with Crippen molar-refractivity contribution in [2.75, 3.05) is 21.1 Å². The maximum Gasteiger partial charge on any atom is 0.388 e. The molecular weight excluding hydrogens is 372 g/mol. The van der Waals surface area contributed by atoms with Gasteiger partial charge >= 0.3 is 41.2 Å². The van der Waals surface area contributed by atoms with Crippen LogP contribution in [0.2, 0.25) is 0 Å². The van der Waals surface area contributed by atoms with Crippen LogP contribution in [0.4, 0.5) is 7.77 Å². The summed E-state index contributed by atoms with van der Waals surface area (Å²) in [5, 5.41) is 0. The highest BCUT2D eigenvalue weighted by Crippen LogP contribution is 2.18. The van der Waals surface area contributed by atoms with Gasteiger partial charge < -0.3 is 0 Å². The molecule has 122 valence electrons. The van der Waals surface area contributed by atoms with Crippen LogP contribution >= 0.6 is 0 Å². The van der Waals surface area contributed by atoms with Crippen molar-refractivity contribution in [2.24, 2.45) is 0 Å². The first-order chi connectivity index (χ1) is 8.46. The molecule has 0 aromatic carbocycles. The van der Waals surface area contributed by atoms with Crippen LogP contribution in [0.25, 0.3) is 0 Å². The van der Waals surface area contributed by atoms with E-state index in [0.29, 0.717) is 0 Å². The highest BCUT2D eigenvalue weighted by atomic mass is 32.3. The Morgan fingerprint density at radius 2 is 0.750 bits per heavy atom. The molecule has 0 aromatic rings. The van der Waals surface area contributed by atoms with Crippen LogP contribution in [0.3, 0.4) is 0 Å². The van der Waals surface area contributed by atoms with Crippen molar-refractivity contribution in [2.45, 2.75) is 0 Å². The largest absolute Gasteiger partial charge is 0.388 e. The normalized spacial score (nSPS) is 15.2. The van der Waals surface area contributed by atoms with E-state index in [2.05, 4.69) is 0 Å². The SMILES string of the molecule is CN(S(=O)(=O)F)S(=O)(=O)N(C)S(=O)(=O)N(C)S(=O)(=O)F. The molecule has 0 rings (SSSR count). The Hall–Kier alpha value is -0.460. The molecule has 0 aliphatic rings. The van der Waals surface area contributed by atoms with Gasteiger partial charge in [0, 0.05) is 21.1 Å². The lowest BCUT2D eigenvalue weighted by molar-refractivity contribution is 0.451. The molecule has 0 aliphatic heterocycles. The summed E-state index contributed by atoms with van der Waals surface area (Å²) in [4.78, 5) is 0.